The summed E-state index contributed by atoms with van der Waals surface area (Å²) in [5, 5.41) is 12.9. The van der Waals surface area contributed by atoms with Crippen LogP contribution in [0.3, 0.4) is 0 Å². The SMILES string of the molecule is O=C(Nc1ccc(F)cc1)c1nnc(CSc2nc3ccc(Cl)cc3[nH]2)s1. The van der Waals surface area contributed by atoms with Crippen molar-refractivity contribution in [2.24, 2.45) is 0 Å². The smallest absolute Gasteiger partial charge is 0.286 e. The maximum absolute atomic E-state index is 12.9. The number of anilines is 1. The molecule has 0 atom stereocenters. The highest BCUT2D eigenvalue weighted by molar-refractivity contribution is 7.98. The summed E-state index contributed by atoms with van der Waals surface area (Å²) in [6.07, 6.45) is 0. The van der Waals surface area contributed by atoms with Gasteiger partial charge >= 0.3 is 0 Å². The number of rotatable bonds is 5. The molecule has 10 heteroatoms. The van der Waals surface area contributed by atoms with Crippen molar-refractivity contribution in [1.82, 2.24) is 20.2 Å². The number of hydrogen-bond acceptors (Lipinski definition) is 6. The number of fused-ring (bicyclic) bond motifs is 1. The molecular weight excluding hydrogens is 409 g/mol. The minimum atomic E-state index is -0.381. The van der Waals surface area contributed by atoms with Crippen molar-refractivity contribution in [3.63, 3.8) is 0 Å². The highest BCUT2D eigenvalue weighted by Crippen LogP contribution is 2.26. The summed E-state index contributed by atoms with van der Waals surface area (Å²) in [6.45, 7) is 0. The summed E-state index contributed by atoms with van der Waals surface area (Å²) in [5.41, 5.74) is 2.19. The van der Waals surface area contributed by atoms with Crippen LogP contribution in [0, 0.1) is 5.82 Å². The predicted molar refractivity (Wildman–Crippen MR) is 105 cm³/mol. The van der Waals surface area contributed by atoms with E-state index in [1.165, 1.54) is 47.4 Å². The number of benzene rings is 2. The lowest BCUT2D eigenvalue weighted by molar-refractivity contribution is 0.102. The Hall–Kier alpha value is -2.49. The van der Waals surface area contributed by atoms with E-state index in [4.69, 9.17) is 11.6 Å². The van der Waals surface area contributed by atoms with Crippen molar-refractivity contribution in [1.29, 1.82) is 0 Å². The lowest BCUT2D eigenvalue weighted by atomic mass is 10.3. The first-order chi connectivity index (χ1) is 13.1. The molecule has 0 bridgehead atoms. The van der Waals surface area contributed by atoms with E-state index < -0.39 is 0 Å². The van der Waals surface area contributed by atoms with Gasteiger partial charge in [0.1, 0.15) is 10.8 Å². The lowest BCUT2D eigenvalue weighted by Crippen LogP contribution is -2.11. The molecule has 2 aromatic carbocycles. The summed E-state index contributed by atoms with van der Waals surface area (Å²) < 4.78 is 12.9. The van der Waals surface area contributed by atoms with Crippen molar-refractivity contribution in [2.45, 2.75) is 10.9 Å². The number of aromatic amines is 1. The molecule has 4 aromatic rings. The fourth-order valence-electron chi connectivity index (χ4n) is 2.28. The molecule has 27 heavy (non-hydrogen) atoms. The van der Waals surface area contributed by atoms with Crippen LogP contribution in [0.15, 0.2) is 47.6 Å². The molecule has 0 unspecified atom stereocenters. The molecule has 136 valence electrons. The normalized spacial score (nSPS) is 11.0. The van der Waals surface area contributed by atoms with Crippen LogP contribution >= 0.6 is 34.7 Å². The molecule has 0 spiro atoms. The van der Waals surface area contributed by atoms with E-state index in [0.717, 1.165) is 16.2 Å². The minimum absolute atomic E-state index is 0.242. The Balaban J connectivity index is 1.39. The van der Waals surface area contributed by atoms with Gasteiger partial charge in [-0.1, -0.05) is 34.7 Å². The average molecular weight is 420 g/mol. The first-order valence-corrected chi connectivity index (χ1v) is 9.92. The van der Waals surface area contributed by atoms with Crippen LogP contribution in [0.25, 0.3) is 11.0 Å². The number of thioether (sulfide) groups is 1. The standard InChI is InChI=1S/C17H11ClFN5OS2/c18-9-1-6-12-13(7-9)22-17(21-12)26-8-14-23-24-16(27-14)15(25)20-11-4-2-10(19)3-5-11/h1-7H,8H2,(H,20,25)(H,21,22). The maximum atomic E-state index is 12.9. The highest BCUT2D eigenvalue weighted by Gasteiger charge is 2.14. The highest BCUT2D eigenvalue weighted by atomic mass is 35.5. The number of H-pyrrole nitrogens is 1. The molecule has 0 saturated carbocycles. The molecule has 1 amide bonds. The number of halogens is 2. The van der Waals surface area contributed by atoms with Crippen molar-refractivity contribution in [3.05, 3.63) is 63.3 Å². The van der Waals surface area contributed by atoms with Crippen molar-refractivity contribution >= 4 is 57.3 Å². The van der Waals surface area contributed by atoms with E-state index in [2.05, 4.69) is 25.5 Å². The Bertz CT molecular complexity index is 1110. The fourth-order valence-corrected chi connectivity index (χ4v) is 4.06. The molecule has 2 N–H and O–H groups in total. The first kappa shape index (κ1) is 17.9. The van der Waals surface area contributed by atoms with Gasteiger partial charge in [-0.05, 0) is 42.5 Å². The Kier molecular flexibility index (Phi) is 5.06. The predicted octanol–water partition coefficient (Wildman–Crippen LogP) is 4.75. The molecule has 0 aliphatic rings. The van der Waals surface area contributed by atoms with E-state index in [9.17, 15) is 9.18 Å². The van der Waals surface area contributed by atoms with Gasteiger partial charge in [-0.25, -0.2) is 9.37 Å². The molecule has 4 rings (SSSR count). The molecule has 6 nitrogen and oxygen atoms in total. The number of aromatic nitrogens is 4. The Morgan fingerprint density at radius 2 is 2.04 bits per heavy atom. The van der Waals surface area contributed by atoms with E-state index in [0.29, 0.717) is 21.5 Å². The minimum Gasteiger partial charge on any atom is -0.333 e. The first-order valence-electron chi connectivity index (χ1n) is 7.74. The number of amides is 1. The van der Waals surface area contributed by atoms with Crippen molar-refractivity contribution in [3.8, 4) is 0 Å². The largest absolute Gasteiger partial charge is 0.333 e. The third-order valence-electron chi connectivity index (χ3n) is 3.52. The molecule has 2 aromatic heterocycles. The van der Waals surface area contributed by atoms with Crippen LogP contribution in [0.5, 0.6) is 0 Å². The van der Waals surface area contributed by atoms with Crippen LogP contribution in [0.1, 0.15) is 14.8 Å². The molecular formula is C17H11ClFN5OS2. The summed E-state index contributed by atoms with van der Waals surface area (Å²) in [5.74, 6) is -0.223. The van der Waals surface area contributed by atoms with Crippen LogP contribution in [-0.4, -0.2) is 26.1 Å². The molecule has 0 fully saturated rings. The van der Waals surface area contributed by atoms with Crippen molar-refractivity contribution in [2.75, 3.05) is 5.32 Å². The van der Waals surface area contributed by atoms with Gasteiger partial charge in [0.2, 0.25) is 5.01 Å². The van der Waals surface area contributed by atoms with Gasteiger partial charge in [-0.2, -0.15) is 0 Å². The van der Waals surface area contributed by atoms with Crippen LogP contribution in [0.4, 0.5) is 10.1 Å². The topological polar surface area (TPSA) is 83.6 Å². The third kappa shape index (κ3) is 4.26. The van der Waals surface area contributed by atoms with E-state index in [1.54, 1.807) is 6.07 Å². The molecule has 2 heterocycles. The van der Waals surface area contributed by atoms with Crippen LogP contribution in [-0.2, 0) is 5.75 Å². The van der Waals surface area contributed by atoms with Gasteiger partial charge in [0.05, 0.1) is 16.8 Å². The van der Waals surface area contributed by atoms with Gasteiger partial charge in [0.15, 0.2) is 5.16 Å². The quantitative estimate of drug-likeness (QED) is 0.456. The second-order valence-corrected chi connectivity index (χ2v) is 7.92. The van der Waals surface area contributed by atoms with Crippen molar-refractivity contribution < 1.29 is 9.18 Å². The van der Waals surface area contributed by atoms with Crippen LogP contribution in [0.2, 0.25) is 5.02 Å². The summed E-state index contributed by atoms with van der Waals surface area (Å²) in [6, 6.07) is 11.0. The fraction of sp³-hybridized carbons (Fsp3) is 0.0588. The van der Waals surface area contributed by atoms with E-state index in [1.807, 2.05) is 12.1 Å². The Labute approximate surface area is 166 Å². The number of nitrogens with zero attached hydrogens (tertiary/aromatic N) is 3. The number of hydrogen-bond donors (Lipinski definition) is 2. The summed E-state index contributed by atoms with van der Waals surface area (Å²) >= 11 is 8.63. The lowest BCUT2D eigenvalue weighted by Gasteiger charge is -2.01. The van der Waals surface area contributed by atoms with Gasteiger partial charge in [-0.3, -0.25) is 4.79 Å². The van der Waals surface area contributed by atoms with Gasteiger partial charge in [0, 0.05) is 10.7 Å². The zero-order chi connectivity index (χ0) is 18.8. The monoisotopic (exact) mass is 419 g/mol. The maximum Gasteiger partial charge on any atom is 0.286 e. The third-order valence-corrected chi connectivity index (χ3v) is 5.74. The summed E-state index contributed by atoms with van der Waals surface area (Å²) in [4.78, 5) is 19.9. The second-order valence-electron chi connectivity index (χ2n) is 5.45. The molecule has 0 aliphatic heterocycles. The van der Waals surface area contributed by atoms with Gasteiger partial charge in [0.25, 0.3) is 5.91 Å². The Morgan fingerprint density at radius 1 is 1.22 bits per heavy atom. The zero-order valence-corrected chi connectivity index (χ0v) is 16.0. The van der Waals surface area contributed by atoms with Gasteiger partial charge < -0.3 is 10.3 Å². The molecule has 0 aliphatic carbocycles. The summed E-state index contributed by atoms with van der Waals surface area (Å²) in [7, 11) is 0. The molecule has 0 radical (unpaired) electrons. The second kappa shape index (κ2) is 7.63. The number of carbonyl (C=O) groups is 1. The Morgan fingerprint density at radius 3 is 2.85 bits per heavy atom. The number of imidazole rings is 1. The van der Waals surface area contributed by atoms with E-state index >= 15 is 0 Å². The average Bonchev–Trinajstić information content (AvgIpc) is 3.28. The number of carbonyl (C=O) groups excluding carboxylic acids is 1. The molecule has 0 saturated heterocycles. The van der Waals surface area contributed by atoms with E-state index in [-0.39, 0.29) is 16.7 Å². The number of nitrogens with one attached hydrogen (secondary N) is 2. The van der Waals surface area contributed by atoms with Gasteiger partial charge in [-0.15, -0.1) is 10.2 Å². The zero-order valence-electron chi connectivity index (χ0n) is 13.6. The van der Waals surface area contributed by atoms with Crippen LogP contribution < -0.4 is 5.32 Å².